The summed E-state index contributed by atoms with van der Waals surface area (Å²) in [5.41, 5.74) is 5.50. The first-order valence-corrected chi connectivity index (χ1v) is 10.7. The first-order valence-electron chi connectivity index (χ1n) is 10.7. The van der Waals surface area contributed by atoms with E-state index in [1.54, 1.807) is 12.3 Å². The number of carbonyl (C=O) groups is 2. The number of hydrogen-bond donors (Lipinski definition) is 1. The molecule has 1 aromatic heterocycles. The molecule has 0 aliphatic heterocycles. The summed E-state index contributed by atoms with van der Waals surface area (Å²) >= 11 is 0. The molecular formula is C26H26N2O3. The molecule has 1 unspecified atom stereocenters. The van der Waals surface area contributed by atoms with E-state index in [2.05, 4.69) is 28.5 Å². The molecule has 1 N–H and O–H groups in total. The number of amides is 1. The second-order valence-electron chi connectivity index (χ2n) is 7.89. The van der Waals surface area contributed by atoms with Crippen LogP contribution < -0.4 is 5.32 Å². The normalized spacial score (nSPS) is 14.2. The summed E-state index contributed by atoms with van der Waals surface area (Å²) in [5, 5.41) is 3.90. The lowest BCUT2D eigenvalue weighted by Crippen LogP contribution is -2.31. The minimum Gasteiger partial charge on any atom is -0.452 e. The van der Waals surface area contributed by atoms with Crippen LogP contribution in [0.3, 0.4) is 0 Å². The van der Waals surface area contributed by atoms with E-state index < -0.39 is 5.97 Å². The van der Waals surface area contributed by atoms with Crippen molar-refractivity contribution in [3.63, 3.8) is 0 Å². The Kier molecular flexibility index (Phi) is 6.41. The number of aromatic nitrogens is 1. The van der Waals surface area contributed by atoms with Crippen molar-refractivity contribution in [1.82, 2.24) is 10.3 Å². The zero-order valence-electron chi connectivity index (χ0n) is 17.6. The lowest BCUT2D eigenvalue weighted by molar-refractivity contribution is -0.144. The predicted molar refractivity (Wildman–Crippen MR) is 121 cm³/mol. The van der Waals surface area contributed by atoms with Gasteiger partial charge in [0.1, 0.15) is 0 Å². The van der Waals surface area contributed by atoms with E-state index in [9.17, 15) is 9.59 Å². The van der Waals surface area contributed by atoms with Gasteiger partial charge in [-0.25, -0.2) is 4.79 Å². The second-order valence-corrected chi connectivity index (χ2v) is 7.89. The Balaban J connectivity index is 1.30. The maximum absolute atomic E-state index is 12.2. The monoisotopic (exact) mass is 414 g/mol. The molecule has 5 heteroatoms. The highest BCUT2D eigenvalue weighted by Crippen LogP contribution is 2.24. The van der Waals surface area contributed by atoms with Gasteiger partial charge in [-0.15, -0.1) is 0 Å². The molecule has 2 aromatic carbocycles. The van der Waals surface area contributed by atoms with E-state index in [0.717, 1.165) is 34.9 Å². The number of carbonyl (C=O) groups excluding carboxylic acids is 2. The maximum atomic E-state index is 12.2. The Morgan fingerprint density at radius 2 is 1.90 bits per heavy atom. The van der Waals surface area contributed by atoms with Gasteiger partial charge in [0.05, 0.1) is 11.6 Å². The van der Waals surface area contributed by atoms with Crippen LogP contribution in [0.25, 0.3) is 17.0 Å². The zero-order valence-corrected chi connectivity index (χ0v) is 17.6. The van der Waals surface area contributed by atoms with E-state index in [0.29, 0.717) is 0 Å². The van der Waals surface area contributed by atoms with E-state index in [4.69, 9.17) is 4.74 Å². The van der Waals surface area contributed by atoms with Crippen LogP contribution in [0.2, 0.25) is 0 Å². The van der Waals surface area contributed by atoms with Gasteiger partial charge in [-0.05, 0) is 61.4 Å². The molecule has 0 bridgehead atoms. The Morgan fingerprint density at radius 1 is 1.10 bits per heavy atom. The number of rotatable bonds is 6. The van der Waals surface area contributed by atoms with Crippen LogP contribution in [0.1, 0.15) is 48.1 Å². The number of aryl methyl sites for hydroxylation is 2. The molecule has 1 amide bonds. The predicted octanol–water partition coefficient (Wildman–Crippen LogP) is 4.55. The lowest BCUT2D eigenvalue weighted by atomic mass is 9.89. The largest absolute Gasteiger partial charge is 0.452 e. The Hall–Kier alpha value is -3.47. The van der Waals surface area contributed by atoms with Gasteiger partial charge in [-0.1, -0.05) is 42.5 Å². The summed E-state index contributed by atoms with van der Waals surface area (Å²) < 4.78 is 5.11. The maximum Gasteiger partial charge on any atom is 0.331 e. The van der Waals surface area contributed by atoms with Gasteiger partial charge in [0.25, 0.3) is 5.91 Å². The molecule has 1 aliphatic rings. The van der Waals surface area contributed by atoms with E-state index in [-0.39, 0.29) is 18.6 Å². The van der Waals surface area contributed by atoms with E-state index in [1.807, 2.05) is 37.3 Å². The molecule has 1 heterocycles. The smallest absolute Gasteiger partial charge is 0.331 e. The van der Waals surface area contributed by atoms with Crippen molar-refractivity contribution in [2.45, 2.75) is 38.6 Å². The first kappa shape index (κ1) is 20.8. The Bertz CT molecular complexity index is 1130. The molecule has 1 aliphatic carbocycles. The average Bonchev–Trinajstić information content (AvgIpc) is 2.81. The topological polar surface area (TPSA) is 68.3 Å². The van der Waals surface area contributed by atoms with Gasteiger partial charge in [-0.3, -0.25) is 9.78 Å². The molecule has 4 rings (SSSR count). The number of hydrogen-bond acceptors (Lipinski definition) is 4. The number of esters is 1. The van der Waals surface area contributed by atoms with Crippen LogP contribution in [0.5, 0.6) is 0 Å². The number of nitrogens with one attached hydrogen (secondary N) is 1. The van der Waals surface area contributed by atoms with Gasteiger partial charge in [0.15, 0.2) is 6.61 Å². The number of pyridine rings is 1. The first-order chi connectivity index (χ1) is 15.1. The average molecular weight is 415 g/mol. The summed E-state index contributed by atoms with van der Waals surface area (Å²) in [6.45, 7) is 1.63. The van der Waals surface area contributed by atoms with Crippen LogP contribution in [-0.4, -0.2) is 23.5 Å². The molecule has 0 spiro atoms. The fourth-order valence-corrected chi connectivity index (χ4v) is 3.99. The van der Waals surface area contributed by atoms with Crippen LogP contribution in [0, 0.1) is 0 Å². The molecule has 0 radical (unpaired) electrons. The summed E-state index contributed by atoms with van der Waals surface area (Å²) in [6.07, 6.45) is 9.39. The minimum atomic E-state index is -0.565. The molecular weight excluding hydrogens is 388 g/mol. The Labute approximate surface area is 182 Å². The van der Waals surface area contributed by atoms with Crippen molar-refractivity contribution in [3.05, 3.63) is 83.1 Å². The van der Waals surface area contributed by atoms with Gasteiger partial charge < -0.3 is 10.1 Å². The van der Waals surface area contributed by atoms with Gasteiger partial charge in [0, 0.05) is 23.2 Å². The zero-order chi connectivity index (χ0) is 21.6. The molecule has 1 atom stereocenters. The van der Waals surface area contributed by atoms with E-state index in [1.165, 1.54) is 30.0 Å². The van der Waals surface area contributed by atoms with Crippen molar-refractivity contribution in [1.29, 1.82) is 0 Å². The molecule has 0 saturated carbocycles. The molecule has 0 fully saturated rings. The number of fused-ring (bicyclic) bond motifs is 2. The molecule has 3 aromatic rings. The van der Waals surface area contributed by atoms with Crippen LogP contribution in [-0.2, 0) is 27.2 Å². The standard InChI is InChI=1S/C26H26N2O3/c1-18(22-12-11-19-6-2-3-7-23(19)16-22)28-24(29)17-31-25(30)14-13-21-9-4-8-20-10-5-15-27-26(20)21/h4-5,8-16,18H,2-3,6-7,17H2,1H3,(H,28,29)/b14-13+. The fraction of sp³-hybridized carbons (Fsp3) is 0.269. The van der Waals surface area contributed by atoms with Crippen molar-refractivity contribution < 1.29 is 14.3 Å². The number of ether oxygens (including phenoxy) is 1. The van der Waals surface area contributed by atoms with Crippen molar-refractivity contribution in [2.75, 3.05) is 6.61 Å². The number of benzene rings is 2. The van der Waals surface area contributed by atoms with E-state index >= 15 is 0 Å². The SMILES string of the molecule is CC(NC(=O)COC(=O)/C=C/c1cccc2cccnc12)c1ccc2c(c1)CCCC2. The molecule has 5 nitrogen and oxygen atoms in total. The van der Waals surface area contributed by atoms with Gasteiger partial charge in [-0.2, -0.15) is 0 Å². The highest BCUT2D eigenvalue weighted by atomic mass is 16.5. The number of para-hydroxylation sites is 1. The third-order valence-electron chi connectivity index (χ3n) is 5.66. The summed E-state index contributed by atoms with van der Waals surface area (Å²) in [4.78, 5) is 28.7. The van der Waals surface area contributed by atoms with Gasteiger partial charge in [0.2, 0.25) is 0 Å². The molecule has 31 heavy (non-hydrogen) atoms. The van der Waals surface area contributed by atoms with Crippen molar-refractivity contribution >= 4 is 28.9 Å². The highest BCUT2D eigenvalue weighted by Gasteiger charge is 2.15. The van der Waals surface area contributed by atoms with Crippen molar-refractivity contribution in [2.24, 2.45) is 0 Å². The second kappa shape index (κ2) is 9.56. The van der Waals surface area contributed by atoms with Crippen LogP contribution >= 0.6 is 0 Å². The lowest BCUT2D eigenvalue weighted by Gasteiger charge is -2.20. The summed E-state index contributed by atoms with van der Waals surface area (Å²) in [5.74, 6) is -0.886. The number of nitrogens with zero attached hydrogens (tertiary/aromatic N) is 1. The summed E-state index contributed by atoms with van der Waals surface area (Å²) in [7, 11) is 0. The van der Waals surface area contributed by atoms with Crippen LogP contribution in [0.15, 0.2) is 60.8 Å². The third kappa shape index (κ3) is 5.18. The molecule has 0 saturated heterocycles. The summed E-state index contributed by atoms with van der Waals surface area (Å²) in [6, 6.07) is 15.9. The van der Waals surface area contributed by atoms with Crippen LogP contribution in [0.4, 0.5) is 0 Å². The molecule has 158 valence electrons. The van der Waals surface area contributed by atoms with Gasteiger partial charge >= 0.3 is 5.97 Å². The third-order valence-corrected chi connectivity index (χ3v) is 5.66. The van der Waals surface area contributed by atoms with Crippen molar-refractivity contribution in [3.8, 4) is 0 Å². The quantitative estimate of drug-likeness (QED) is 0.475. The highest BCUT2D eigenvalue weighted by molar-refractivity contribution is 5.93. The fourth-order valence-electron chi connectivity index (χ4n) is 3.99. The minimum absolute atomic E-state index is 0.143. The Morgan fingerprint density at radius 3 is 2.77 bits per heavy atom.